The zero-order chi connectivity index (χ0) is 20.5. The lowest BCUT2D eigenvalue weighted by molar-refractivity contribution is 0.146. The molecule has 0 aliphatic heterocycles. The maximum atomic E-state index is 13.3. The average molecular weight is 395 g/mol. The quantitative estimate of drug-likeness (QED) is 0.531. The second-order valence-corrected chi connectivity index (χ2v) is 7.01. The van der Waals surface area contributed by atoms with E-state index in [9.17, 15) is 8.78 Å². The van der Waals surface area contributed by atoms with Gasteiger partial charge in [-0.2, -0.15) is 10.2 Å². The number of nitrogens with zero attached hydrogens (tertiary/aromatic N) is 6. The van der Waals surface area contributed by atoms with Gasteiger partial charge < -0.3 is 5.32 Å². The zero-order valence-corrected chi connectivity index (χ0v) is 16.1. The Balaban J connectivity index is 1.70. The van der Waals surface area contributed by atoms with Gasteiger partial charge >= 0.3 is 0 Å². The van der Waals surface area contributed by atoms with Crippen molar-refractivity contribution in [2.75, 3.05) is 5.32 Å². The molecule has 0 amide bonds. The van der Waals surface area contributed by atoms with E-state index in [-0.39, 0.29) is 5.69 Å². The van der Waals surface area contributed by atoms with Crippen LogP contribution in [0.5, 0.6) is 0 Å². The fourth-order valence-corrected chi connectivity index (χ4v) is 3.00. The number of hydrogen-bond donors (Lipinski definition) is 1. The smallest absolute Gasteiger partial charge is 0.282 e. The molecule has 7 nitrogen and oxygen atoms in total. The van der Waals surface area contributed by atoms with E-state index in [1.807, 2.05) is 12.1 Å². The molecule has 0 radical (unpaired) electrons. The highest BCUT2D eigenvalue weighted by molar-refractivity contribution is 5.82. The Bertz CT molecular complexity index is 1170. The van der Waals surface area contributed by atoms with Crippen molar-refractivity contribution in [3.63, 3.8) is 0 Å². The van der Waals surface area contributed by atoms with Crippen molar-refractivity contribution >= 4 is 22.7 Å². The van der Waals surface area contributed by atoms with E-state index >= 15 is 0 Å². The van der Waals surface area contributed by atoms with Crippen LogP contribution in [-0.4, -0.2) is 29.9 Å². The fraction of sp³-hybridized carbons (Fsp3) is 0.250. The minimum atomic E-state index is -2.67. The Hall–Kier alpha value is -3.49. The monoisotopic (exact) mass is 395 g/mol. The molecule has 4 rings (SSSR count). The van der Waals surface area contributed by atoms with E-state index in [2.05, 4.69) is 44.4 Å². The van der Waals surface area contributed by atoms with Gasteiger partial charge in [0, 0.05) is 30.6 Å². The normalized spacial score (nSPS) is 11.6. The first-order chi connectivity index (χ1) is 13.9. The molecular formula is C20H19F2N7. The summed E-state index contributed by atoms with van der Waals surface area (Å²) in [7, 11) is 1.61. The van der Waals surface area contributed by atoms with Gasteiger partial charge in [-0.3, -0.25) is 9.67 Å². The molecule has 4 heterocycles. The number of rotatable bonds is 5. The second kappa shape index (κ2) is 7.50. The molecule has 4 aromatic rings. The molecule has 0 saturated carbocycles. The predicted octanol–water partition coefficient (Wildman–Crippen LogP) is 4.62. The number of fused-ring (bicyclic) bond motifs is 1. The van der Waals surface area contributed by atoms with Crippen molar-refractivity contribution in [3.8, 4) is 11.1 Å². The first-order valence-corrected chi connectivity index (χ1v) is 9.09. The van der Waals surface area contributed by atoms with Gasteiger partial charge in [-0.25, -0.2) is 13.8 Å². The van der Waals surface area contributed by atoms with Crippen LogP contribution in [0.2, 0.25) is 0 Å². The number of aryl methyl sites for hydroxylation is 1. The van der Waals surface area contributed by atoms with Gasteiger partial charge in [0.1, 0.15) is 11.5 Å². The molecule has 0 aliphatic rings. The summed E-state index contributed by atoms with van der Waals surface area (Å²) in [5.74, 6) is 1.47. The first-order valence-electron chi connectivity index (χ1n) is 9.09. The number of pyridine rings is 2. The van der Waals surface area contributed by atoms with Crippen LogP contribution >= 0.6 is 0 Å². The number of alkyl halides is 2. The molecule has 0 saturated heterocycles. The maximum absolute atomic E-state index is 13.3. The van der Waals surface area contributed by atoms with Crippen LogP contribution in [0.3, 0.4) is 0 Å². The van der Waals surface area contributed by atoms with Crippen LogP contribution in [0.1, 0.15) is 37.4 Å². The van der Waals surface area contributed by atoms with Crippen LogP contribution in [0.15, 0.2) is 42.9 Å². The molecule has 148 valence electrons. The van der Waals surface area contributed by atoms with Gasteiger partial charge in [0.2, 0.25) is 0 Å². The SMILES string of the molecule is CC(C)c1cnnc(Nc2ccc3ncc(-c4cn(C)nc4C(F)F)cc3n2)c1. The Morgan fingerprint density at radius 3 is 2.62 bits per heavy atom. The first kappa shape index (κ1) is 18.9. The van der Waals surface area contributed by atoms with Gasteiger partial charge in [0.15, 0.2) is 5.82 Å². The van der Waals surface area contributed by atoms with E-state index < -0.39 is 6.43 Å². The Labute approximate surface area is 165 Å². The lowest BCUT2D eigenvalue weighted by Crippen LogP contribution is -2.00. The van der Waals surface area contributed by atoms with Crippen molar-refractivity contribution in [1.82, 2.24) is 29.9 Å². The molecule has 4 aromatic heterocycles. The third-order valence-corrected chi connectivity index (χ3v) is 4.51. The highest BCUT2D eigenvalue weighted by Gasteiger charge is 2.19. The lowest BCUT2D eigenvalue weighted by Gasteiger charge is -2.09. The van der Waals surface area contributed by atoms with Gasteiger partial charge in [0.05, 0.1) is 17.2 Å². The predicted molar refractivity (Wildman–Crippen MR) is 106 cm³/mol. The molecule has 0 bridgehead atoms. The highest BCUT2D eigenvalue weighted by Crippen LogP contribution is 2.31. The Morgan fingerprint density at radius 2 is 1.86 bits per heavy atom. The van der Waals surface area contributed by atoms with E-state index in [4.69, 9.17) is 0 Å². The summed E-state index contributed by atoms with van der Waals surface area (Å²) in [5.41, 5.74) is 2.89. The molecule has 0 aromatic carbocycles. The molecule has 1 N–H and O–H groups in total. The second-order valence-electron chi connectivity index (χ2n) is 7.01. The Kier molecular flexibility index (Phi) is 4.87. The zero-order valence-electron chi connectivity index (χ0n) is 16.1. The van der Waals surface area contributed by atoms with Crippen LogP contribution in [-0.2, 0) is 7.05 Å². The van der Waals surface area contributed by atoms with Crippen molar-refractivity contribution in [1.29, 1.82) is 0 Å². The lowest BCUT2D eigenvalue weighted by atomic mass is 10.1. The summed E-state index contributed by atoms with van der Waals surface area (Å²) in [6, 6.07) is 7.24. The van der Waals surface area contributed by atoms with Crippen molar-refractivity contribution in [2.24, 2.45) is 7.05 Å². The summed E-state index contributed by atoms with van der Waals surface area (Å²) >= 11 is 0. The van der Waals surface area contributed by atoms with Gasteiger partial charge in [-0.1, -0.05) is 13.8 Å². The van der Waals surface area contributed by atoms with E-state index in [0.29, 0.717) is 39.7 Å². The summed E-state index contributed by atoms with van der Waals surface area (Å²) in [4.78, 5) is 8.91. The van der Waals surface area contributed by atoms with Crippen molar-refractivity contribution in [3.05, 3.63) is 54.1 Å². The van der Waals surface area contributed by atoms with Crippen LogP contribution in [0.25, 0.3) is 22.2 Å². The van der Waals surface area contributed by atoms with Crippen molar-refractivity contribution < 1.29 is 8.78 Å². The summed E-state index contributed by atoms with van der Waals surface area (Å²) < 4.78 is 28.0. The Morgan fingerprint density at radius 1 is 1.03 bits per heavy atom. The van der Waals surface area contributed by atoms with Crippen LogP contribution in [0, 0.1) is 0 Å². The van der Waals surface area contributed by atoms with E-state index in [0.717, 1.165) is 5.56 Å². The molecule has 0 aliphatic carbocycles. The van der Waals surface area contributed by atoms with Gasteiger partial charge in [-0.15, -0.1) is 5.10 Å². The van der Waals surface area contributed by atoms with Crippen molar-refractivity contribution in [2.45, 2.75) is 26.2 Å². The molecular weight excluding hydrogens is 376 g/mol. The molecule has 9 heteroatoms. The summed E-state index contributed by atoms with van der Waals surface area (Å²) in [6.45, 7) is 4.16. The minimum absolute atomic E-state index is 0.274. The molecule has 29 heavy (non-hydrogen) atoms. The standard InChI is InChI=1S/C20H19F2N7/c1-11(2)12-7-18(27-24-9-12)26-17-5-4-15-16(25-17)6-13(8-23-15)14-10-29(3)28-19(14)20(21)22/h4-11,20H,1-3H3,(H,25,26,27). The number of anilines is 2. The van der Waals surface area contributed by atoms with Crippen LogP contribution < -0.4 is 5.32 Å². The molecule has 0 atom stereocenters. The third kappa shape index (κ3) is 3.89. The molecule has 0 fully saturated rings. The number of hydrogen-bond acceptors (Lipinski definition) is 6. The van der Waals surface area contributed by atoms with Gasteiger partial charge in [0.25, 0.3) is 6.43 Å². The topological polar surface area (TPSA) is 81.4 Å². The molecule has 0 spiro atoms. The van der Waals surface area contributed by atoms with E-state index in [1.165, 1.54) is 4.68 Å². The van der Waals surface area contributed by atoms with Crippen LogP contribution in [0.4, 0.5) is 20.4 Å². The van der Waals surface area contributed by atoms with E-state index in [1.54, 1.807) is 37.8 Å². The summed E-state index contributed by atoms with van der Waals surface area (Å²) in [5, 5.41) is 15.1. The fourth-order valence-electron chi connectivity index (χ4n) is 3.00. The average Bonchev–Trinajstić information content (AvgIpc) is 3.10. The number of halogens is 2. The largest absolute Gasteiger partial charge is 0.323 e. The molecule has 0 unspecified atom stereocenters. The minimum Gasteiger partial charge on any atom is -0.323 e. The highest BCUT2D eigenvalue weighted by atomic mass is 19.3. The maximum Gasteiger partial charge on any atom is 0.282 e. The number of nitrogens with one attached hydrogen (secondary N) is 1. The van der Waals surface area contributed by atoms with Gasteiger partial charge in [-0.05, 0) is 35.7 Å². The summed E-state index contributed by atoms with van der Waals surface area (Å²) in [6.07, 6.45) is 2.17. The number of aromatic nitrogens is 6. The third-order valence-electron chi connectivity index (χ3n) is 4.51.